The summed E-state index contributed by atoms with van der Waals surface area (Å²) in [6.45, 7) is 7.10. The minimum atomic E-state index is 0.0935. The lowest BCUT2D eigenvalue weighted by molar-refractivity contribution is 0.340. The van der Waals surface area contributed by atoms with Crippen molar-refractivity contribution in [1.29, 1.82) is 0 Å². The van der Waals surface area contributed by atoms with E-state index in [2.05, 4.69) is 81.4 Å². The molecule has 0 nitrogen and oxygen atoms in total. The Balaban J connectivity index is 2.35. The molecule has 0 saturated heterocycles. The van der Waals surface area contributed by atoms with Gasteiger partial charge >= 0.3 is 0 Å². The molecule has 0 aliphatic heterocycles. The minimum Gasteiger partial charge on any atom is -0.0654 e. The molecule has 0 radical (unpaired) electrons. The van der Waals surface area contributed by atoms with E-state index in [1.165, 1.54) is 36.8 Å². The van der Waals surface area contributed by atoms with Crippen LogP contribution in [0.5, 0.6) is 0 Å². The molecule has 0 saturated carbocycles. The zero-order valence-electron chi connectivity index (χ0n) is 13.7. The van der Waals surface area contributed by atoms with Gasteiger partial charge in [-0.05, 0) is 23.5 Å². The Morgan fingerprint density at radius 2 is 1.29 bits per heavy atom. The van der Waals surface area contributed by atoms with Gasteiger partial charge in [-0.15, -0.1) is 0 Å². The van der Waals surface area contributed by atoms with Crippen LogP contribution in [-0.2, 0) is 5.41 Å². The van der Waals surface area contributed by atoms with Crippen LogP contribution in [0.1, 0.15) is 57.6 Å². The quantitative estimate of drug-likeness (QED) is 0.529. The van der Waals surface area contributed by atoms with E-state index in [0.717, 1.165) is 0 Å². The van der Waals surface area contributed by atoms with Gasteiger partial charge in [0.25, 0.3) is 0 Å². The maximum atomic E-state index is 2.41. The molecule has 21 heavy (non-hydrogen) atoms. The van der Waals surface area contributed by atoms with Crippen molar-refractivity contribution in [2.75, 3.05) is 0 Å². The lowest BCUT2D eigenvalue weighted by Crippen LogP contribution is -2.31. The summed E-state index contributed by atoms with van der Waals surface area (Å²) in [6, 6.07) is 22.0. The van der Waals surface area contributed by atoms with E-state index in [1.54, 1.807) is 0 Å². The first-order valence-electron chi connectivity index (χ1n) is 8.30. The zero-order valence-corrected chi connectivity index (χ0v) is 13.7. The molecule has 0 aromatic heterocycles. The SMILES string of the molecule is CCCCCC(C)C(C)(c1ccccc1)c1ccccc1. The third-order valence-corrected chi connectivity index (χ3v) is 4.97. The molecule has 2 rings (SSSR count). The maximum Gasteiger partial charge on any atom is 0.0200 e. The van der Waals surface area contributed by atoms with Crippen molar-refractivity contribution in [2.45, 2.75) is 51.9 Å². The van der Waals surface area contributed by atoms with E-state index < -0.39 is 0 Å². The van der Waals surface area contributed by atoms with Gasteiger partial charge in [-0.3, -0.25) is 0 Å². The van der Waals surface area contributed by atoms with Crippen LogP contribution in [0.15, 0.2) is 60.7 Å². The molecule has 0 aliphatic carbocycles. The largest absolute Gasteiger partial charge is 0.0654 e. The lowest BCUT2D eigenvalue weighted by Gasteiger charge is -2.37. The van der Waals surface area contributed by atoms with Crippen LogP contribution in [0.3, 0.4) is 0 Å². The summed E-state index contributed by atoms with van der Waals surface area (Å²) in [5.74, 6) is 0.633. The second-order valence-electron chi connectivity index (χ2n) is 6.33. The van der Waals surface area contributed by atoms with Crippen molar-refractivity contribution in [1.82, 2.24) is 0 Å². The monoisotopic (exact) mass is 280 g/mol. The van der Waals surface area contributed by atoms with Crippen LogP contribution in [0.2, 0.25) is 0 Å². The second-order valence-corrected chi connectivity index (χ2v) is 6.33. The maximum absolute atomic E-state index is 2.41. The fourth-order valence-electron chi connectivity index (χ4n) is 3.29. The highest BCUT2D eigenvalue weighted by Crippen LogP contribution is 2.41. The van der Waals surface area contributed by atoms with Crippen LogP contribution in [-0.4, -0.2) is 0 Å². The average molecular weight is 280 g/mol. The van der Waals surface area contributed by atoms with E-state index in [1.807, 2.05) is 0 Å². The normalized spacial score (nSPS) is 13.1. The highest BCUT2D eigenvalue weighted by Gasteiger charge is 2.34. The third-order valence-electron chi connectivity index (χ3n) is 4.97. The smallest absolute Gasteiger partial charge is 0.0200 e. The van der Waals surface area contributed by atoms with Crippen molar-refractivity contribution in [3.05, 3.63) is 71.8 Å². The topological polar surface area (TPSA) is 0 Å². The summed E-state index contributed by atoms with van der Waals surface area (Å²) in [5.41, 5.74) is 2.95. The summed E-state index contributed by atoms with van der Waals surface area (Å²) in [5, 5.41) is 0. The molecule has 0 bridgehead atoms. The van der Waals surface area contributed by atoms with Crippen LogP contribution in [0, 0.1) is 5.92 Å². The predicted octanol–water partition coefficient (Wildman–Crippen LogP) is 6.21. The van der Waals surface area contributed by atoms with Crippen LogP contribution in [0.25, 0.3) is 0 Å². The van der Waals surface area contributed by atoms with Gasteiger partial charge in [0.15, 0.2) is 0 Å². The molecule has 112 valence electrons. The third kappa shape index (κ3) is 3.56. The minimum absolute atomic E-state index is 0.0935. The van der Waals surface area contributed by atoms with E-state index in [-0.39, 0.29) is 5.41 Å². The van der Waals surface area contributed by atoms with Gasteiger partial charge in [0.2, 0.25) is 0 Å². The van der Waals surface area contributed by atoms with Gasteiger partial charge in [-0.25, -0.2) is 0 Å². The van der Waals surface area contributed by atoms with Crippen molar-refractivity contribution in [2.24, 2.45) is 5.92 Å². The molecule has 0 fully saturated rings. The van der Waals surface area contributed by atoms with Crippen LogP contribution >= 0.6 is 0 Å². The van der Waals surface area contributed by atoms with Gasteiger partial charge in [-0.2, -0.15) is 0 Å². The standard InChI is InChI=1S/C21H28/c1-4-5-8-13-18(2)21(3,19-14-9-6-10-15-19)20-16-11-7-12-17-20/h6-7,9-12,14-18H,4-5,8,13H2,1-3H3. The first kappa shape index (κ1) is 15.8. The number of hydrogen-bond donors (Lipinski definition) is 0. The van der Waals surface area contributed by atoms with Gasteiger partial charge in [-0.1, -0.05) is 101 Å². The Kier molecular flexibility index (Phi) is 5.61. The zero-order chi connectivity index (χ0) is 15.1. The van der Waals surface area contributed by atoms with Crippen LogP contribution in [0.4, 0.5) is 0 Å². The summed E-state index contributed by atoms with van der Waals surface area (Å²) in [6.07, 6.45) is 5.24. The molecule has 0 spiro atoms. The number of unbranched alkanes of at least 4 members (excludes halogenated alkanes) is 2. The van der Waals surface area contributed by atoms with E-state index in [4.69, 9.17) is 0 Å². The Morgan fingerprint density at radius 1 is 0.810 bits per heavy atom. The molecule has 2 aromatic carbocycles. The average Bonchev–Trinajstić information content (AvgIpc) is 2.56. The van der Waals surface area contributed by atoms with Gasteiger partial charge < -0.3 is 0 Å². The summed E-state index contributed by atoms with van der Waals surface area (Å²) in [4.78, 5) is 0. The van der Waals surface area contributed by atoms with E-state index >= 15 is 0 Å². The van der Waals surface area contributed by atoms with E-state index in [9.17, 15) is 0 Å². The summed E-state index contributed by atoms with van der Waals surface area (Å²) >= 11 is 0. The van der Waals surface area contributed by atoms with Gasteiger partial charge in [0.1, 0.15) is 0 Å². The molecule has 0 heterocycles. The van der Waals surface area contributed by atoms with Gasteiger partial charge in [0, 0.05) is 5.41 Å². The van der Waals surface area contributed by atoms with Crippen LogP contribution < -0.4 is 0 Å². The molecular weight excluding hydrogens is 252 g/mol. The highest BCUT2D eigenvalue weighted by atomic mass is 14.4. The number of benzene rings is 2. The Morgan fingerprint density at radius 3 is 1.71 bits per heavy atom. The number of hydrogen-bond acceptors (Lipinski definition) is 0. The lowest BCUT2D eigenvalue weighted by atomic mass is 9.66. The molecule has 1 atom stereocenters. The van der Waals surface area contributed by atoms with Crippen molar-refractivity contribution < 1.29 is 0 Å². The Bertz CT molecular complexity index is 473. The first-order valence-corrected chi connectivity index (χ1v) is 8.30. The Labute approximate surface area is 130 Å². The first-order chi connectivity index (χ1) is 10.2. The van der Waals surface area contributed by atoms with Crippen molar-refractivity contribution in [3.63, 3.8) is 0 Å². The summed E-state index contributed by atoms with van der Waals surface area (Å²) in [7, 11) is 0. The predicted molar refractivity (Wildman–Crippen MR) is 92.6 cm³/mol. The molecule has 0 aliphatic rings. The van der Waals surface area contributed by atoms with Gasteiger partial charge in [0.05, 0.1) is 0 Å². The molecule has 1 unspecified atom stereocenters. The summed E-state index contributed by atoms with van der Waals surface area (Å²) < 4.78 is 0. The molecule has 0 N–H and O–H groups in total. The molecule has 2 aromatic rings. The second kappa shape index (κ2) is 7.45. The fraction of sp³-hybridized carbons (Fsp3) is 0.429. The molecular formula is C21H28. The number of rotatable bonds is 7. The molecule has 0 amide bonds. The van der Waals surface area contributed by atoms with Crippen molar-refractivity contribution in [3.8, 4) is 0 Å². The highest BCUT2D eigenvalue weighted by molar-refractivity contribution is 5.39. The van der Waals surface area contributed by atoms with E-state index in [0.29, 0.717) is 5.92 Å². The van der Waals surface area contributed by atoms with Crippen molar-refractivity contribution >= 4 is 0 Å². The molecule has 0 heteroatoms. The fourth-order valence-corrected chi connectivity index (χ4v) is 3.29. The Hall–Kier alpha value is -1.56.